The molecule has 3 aromatic rings. The zero-order valence-electron chi connectivity index (χ0n) is 14.4. The monoisotopic (exact) mass is 555 g/mol. The maximum atomic E-state index is 13.0. The summed E-state index contributed by atoms with van der Waals surface area (Å²) in [5, 5.41) is 3.21. The number of hydrogen-bond acceptors (Lipinski definition) is 4. The summed E-state index contributed by atoms with van der Waals surface area (Å²) in [5.74, 6) is 0.134. The number of ether oxygens (including phenoxy) is 1. The minimum absolute atomic E-state index is 0.180. The van der Waals surface area contributed by atoms with E-state index < -0.39 is 6.04 Å². The number of pyridine rings is 1. The van der Waals surface area contributed by atoms with Gasteiger partial charge < -0.3 is 4.74 Å². The van der Waals surface area contributed by atoms with Crippen molar-refractivity contribution in [3.63, 3.8) is 0 Å². The van der Waals surface area contributed by atoms with Gasteiger partial charge in [0.1, 0.15) is 6.04 Å². The van der Waals surface area contributed by atoms with E-state index in [1.54, 1.807) is 4.57 Å². The summed E-state index contributed by atoms with van der Waals surface area (Å²) in [5.41, 5.74) is 1.95. The van der Waals surface area contributed by atoms with Crippen LogP contribution in [0, 0.1) is 3.57 Å². The Hall–Kier alpha value is -1.32. The van der Waals surface area contributed by atoms with Crippen molar-refractivity contribution in [1.29, 1.82) is 0 Å². The Kier molecular flexibility index (Phi) is 5.35. The number of carbonyl (C=O) groups excluding carboxylic acids is 1. The third-order valence-corrected chi connectivity index (χ3v) is 8.26. The van der Waals surface area contributed by atoms with Crippen molar-refractivity contribution in [2.45, 2.75) is 17.5 Å². The number of nitrogens with zero attached hydrogens (tertiary/aromatic N) is 1. The SMILES string of the molecule is COC(=O)[C@@H]1CSc2c(I)c(Cc3cccc4ccccc34)c(Br)c(=O)n21. The van der Waals surface area contributed by atoms with Gasteiger partial charge in [-0.2, -0.15) is 0 Å². The molecule has 4 rings (SSSR count). The first-order chi connectivity index (χ1) is 13.0. The molecule has 0 N–H and O–H groups in total. The second-order valence-electron chi connectivity index (χ2n) is 6.25. The number of aromatic nitrogens is 1. The van der Waals surface area contributed by atoms with E-state index in [0.29, 0.717) is 16.6 Å². The second-order valence-corrected chi connectivity index (χ2v) is 9.13. The van der Waals surface area contributed by atoms with Crippen LogP contribution in [0.4, 0.5) is 0 Å². The Morgan fingerprint density at radius 1 is 1.30 bits per heavy atom. The average molecular weight is 556 g/mol. The van der Waals surface area contributed by atoms with Gasteiger partial charge in [-0.3, -0.25) is 9.36 Å². The van der Waals surface area contributed by atoms with Crippen molar-refractivity contribution in [1.82, 2.24) is 4.57 Å². The molecule has 0 aliphatic carbocycles. The molecule has 1 aliphatic heterocycles. The summed E-state index contributed by atoms with van der Waals surface area (Å²) in [6.07, 6.45) is 0.646. The van der Waals surface area contributed by atoms with E-state index in [1.165, 1.54) is 35.2 Å². The van der Waals surface area contributed by atoms with E-state index in [9.17, 15) is 9.59 Å². The molecular weight excluding hydrogens is 541 g/mol. The van der Waals surface area contributed by atoms with Gasteiger partial charge in [-0.25, -0.2) is 4.79 Å². The molecule has 0 bridgehead atoms. The van der Waals surface area contributed by atoms with Crippen molar-refractivity contribution in [3.05, 3.63) is 72.0 Å². The van der Waals surface area contributed by atoms with Crippen LogP contribution in [0.3, 0.4) is 0 Å². The molecular formula is C20H15BrINO3S. The zero-order chi connectivity index (χ0) is 19.1. The molecule has 1 atom stereocenters. The zero-order valence-corrected chi connectivity index (χ0v) is 18.9. The smallest absolute Gasteiger partial charge is 0.329 e. The molecule has 1 aromatic heterocycles. The van der Waals surface area contributed by atoms with E-state index in [4.69, 9.17) is 4.74 Å². The first kappa shape index (κ1) is 19.0. The van der Waals surface area contributed by atoms with Crippen LogP contribution in [0.1, 0.15) is 17.2 Å². The lowest BCUT2D eigenvalue weighted by molar-refractivity contribution is -0.143. The van der Waals surface area contributed by atoms with Crippen LogP contribution in [-0.2, 0) is 16.0 Å². The van der Waals surface area contributed by atoms with Crippen LogP contribution in [0.25, 0.3) is 10.8 Å². The lowest BCUT2D eigenvalue weighted by Gasteiger charge is -2.16. The quantitative estimate of drug-likeness (QED) is 0.345. The fourth-order valence-corrected chi connectivity index (χ4v) is 6.70. The largest absolute Gasteiger partial charge is 0.467 e. The number of methoxy groups -OCH3 is 1. The van der Waals surface area contributed by atoms with E-state index in [2.05, 4.69) is 62.8 Å². The number of hydrogen-bond donors (Lipinski definition) is 0. The average Bonchev–Trinajstić information content (AvgIpc) is 3.14. The van der Waals surface area contributed by atoms with E-state index in [1.807, 2.05) is 18.2 Å². The highest BCUT2D eigenvalue weighted by Crippen LogP contribution is 2.39. The summed E-state index contributed by atoms with van der Waals surface area (Å²) < 4.78 is 7.95. The third kappa shape index (κ3) is 3.23. The summed E-state index contributed by atoms with van der Waals surface area (Å²) in [6, 6.07) is 13.9. The molecule has 0 fully saturated rings. The molecule has 27 heavy (non-hydrogen) atoms. The topological polar surface area (TPSA) is 48.3 Å². The van der Waals surface area contributed by atoms with Gasteiger partial charge in [0, 0.05) is 15.7 Å². The first-order valence-corrected chi connectivity index (χ1v) is 11.2. The van der Waals surface area contributed by atoms with Gasteiger partial charge in [-0.1, -0.05) is 42.5 Å². The van der Waals surface area contributed by atoms with Crippen LogP contribution < -0.4 is 5.56 Å². The Morgan fingerprint density at radius 3 is 2.81 bits per heavy atom. The Morgan fingerprint density at radius 2 is 2.04 bits per heavy atom. The number of halogens is 2. The van der Waals surface area contributed by atoms with Crippen LogP contribution in [0.5, 0.6) is 0 Å². The predicted molar refractivity (Wildman–Crippen MR) is 120 cm³/mol. The lowest BCUT2D eigenvalue weighted by atomic mass is 9.99. The van der Waals surface area contributed by atoms with Crippen molar-refractivity contribution in [2.24, 2.45) is 0 Å². The molecule has 2 aromatic carbocycles. The van der Waals surface area contributed by atoms with Gasteiger partial charge in [0.15, 0.2) is 0 Å². The standard InChI is InChI=1S/C20H15BrINO3S/c1-26-20(25)15-10-27-19-17(22)14(16(21)18(24)23(15)19)9-12-7-4-6-11-5-2-3-8-13(11)12/h2-8,15H,9-10H2,1H3/t15-/m0/s1. The maximum absolute atomic E-state index is 13.0. The number of benzene rings is 2. The fourth-order valence-electron chi connectivity index (χ4n) is 3.41. The number of fused-ring (bicyclic) bond motifs is 2. The summed E-state index contributed by atoms with van der Waals surface area (Å²) in [6.45, 7) is 0. The van der Waals surface area contributed by atoms with E-state index in [-0.39, 0.29) is 11.5 Å². The molecule has 138 valence electrons. The highest BCUT2D eigenvalue weighted by Gasteiger charge is 2.34. The van der Waals surface area contributed by atoms with E-state index >= 15 is 0 Å². The van der Waals surface area contributed by atoms with Crippen molar-refractivity contribution < 1.29 is 9.53 Å². The molecule has 0 saturated carbocycles. The summed E-state index contributed by atoms with van der Waals surface area (Å²) >= 11 is 7.32. The fraction of sp³-hybridized carbons (Fsp3) is 0.200. The van der Waals surface area contributed by atoms with Crippen molar-refractivity contribution in [3.8, 4) is 0 Å². The van der Waals surface area contributed by atoms with Gasteiger partial charge in [0.25, 0.3) is 5.56 Å². The van der Waals surface area contributed by atoms with E-state index in [0.717, 1.165) is 14.2 Å². The lowest BCUT2D eigenvalue weighted by Crippen LogP contribution is -2.31. The van der Waals surface area contributed by atoms with Crippen LogP contribution in [-0.4, -0.2) is 23.4 Å². The third-order valence-electron chi connectivity index (χ3n) is 4.75. The van der Waals surface area contributed by atoms with Crippen molar-refractivity contribution in [2.75, 3.05) is 12.9 Å². The highest BCUT2D eigenvalue weighted by atomic mass is 127. The molecule has 0 saturated heterocycles. The maximum Gasteiger partial charge on any atom is 0.329 e. The Bertz CT molecular complexity index is 1120. The number of esters is 1. The summed E-state index contributed by atoms with van der Waals surface area (Å²) in [4.78, 5) is 25.1. The Balaban J connectivity index is 1.85. The number of thioether (sulfide) groups is 1. The van der Waals surface area contributed by atoms with Gasteiger partial charge in [-0.05, 0) is 60.4 Å². The first-order valence-electron chi connectivity index (χ1n) is 8.32. The molecule has 0 amide bonds. The van der Waals surface area contributed by atoms with Gasteiger partial charge >= 0.3 is 5.97 Å². The Labute approximate surface area is 182 Å². The predicted octanol–water partition coefficient (Wildman–Crippen LogP) is 4.78. The normalized spacial score (nSPS) is 15.7. The molecule has 1 aliphatic rings. The number of rotatable bonds is 3. The van der Waals surface area contributed by atoms with Crippen LogP contribution in [0.2, 0.25) is 0 Å². The van der Waals surface area contributed by atoms with Gasteiger partial charge in [-0.15, -0.1) is 11.8 Å². The minimum atomic E-state index is -0.570. The molecule has 0 unspecified atom stereocenters. The molecule has 0 radical (unpaired) electrons. The molecule has 2 heterocycles. The van der Waals surface area contributed by atoms with Crippen molar-refractivity contribution >= 4 is 67.0 Å². The summed E-state index contributed by atoms with van der Waals surface area (Å²) in [7, 11) is 1.35. The molecule has 7 heteroatoms. The van der Waals surface area contributed by atoms with Crippen LogP contribution >= 0.6 is 50.3 Å². The molecule has 4 nitrogen and oxygen atoms in total. The second kappa shape index (κ2) is 7.60. The van der Waals surface area contributed by atoms with Gasteiger partial charge in [0.2, 0.25) is 0 Å². The highest BCUT2D eigenvalue weighted by molar-refractivity contribution is 14.1. The molecule has 0 spiro atoms. The minimum Gasteiger partial charge on any atom is -0.467 e. The van der Waals surface area contributed by atoms with Gasteiger partial charge in [0.05, 0.1) is 16.6 Å². The van der Waals surface area contributed by atoms with Crippen LogP contribution in [0.15, 0.2) is 56.8 Å². The number of carbonyl (C=O) groups is 1.